The predicted molar refractivity (Wildman–Crippen MR) is 116 cm³/mol. The molecule has 3 aromatic rings. The Bertz CT molecular complexity index is 1020. The number of hydrogen-bond donors (Lipinski definition) is 0. The molecule has 0 atom stereocenters. The molecule has 0 bridgehead atoms. The summed E-state index contributed by atoms with van der Waals surface area (Å²) in [7, 11) is 4.06. The van der Waals surface area contributed by atoms with Crippen molar-refractivity contribution in [3.63, 3.8) is 0 Å². The summed E-state index contributed by atoms with van der Waals surface area (Å²) < 4.78 is 2.02. The first-order valence-corrected chi connectivity index (χ1v) is 10.6. The van der Waals surface area contributed by atoms with Crippen molar-refractivity contribution in [3.8, 4) is 11.4 Å². The Morgan fingerprint density at radius 1 is 1.24 bits per heavy atom. The van der Waals surface area contributed by atoms with E-state index in [-0.39, 0.29) is 5.91 Å². The molecule has 0 unspecified atom stereocenters. The van der Waals surface area contributed by atoms with Crippen molar-refractivity contribution >= 4 is 29.0 Å². The van der Waals surface area contributed by atoms with E-state index in [0.29, 0.717) is 5.75 Å². The molecular formula is C21H24N6OS. The van der Waals surface area contributed by atoms with Crippen molar-refractivity contribution < 1.29 is 4.79 Å². The quantitative estimate of drug-likeness (QED) is 0.584. The van der Waals surface area contributed by atoms with Gasteiger partial charge in [-0.2, -0.15) is 0 Å². The van der Waals surface area contributed by atoms with Crippen LogP contribution in [0.5, 0.6) is 0 Å². The Morgan fingerprint density at radius 2 is 2.10 bits per heavy atom. The second-order valence-electron chi connectivity index (χ2n) is 7.08. The fraction of sp³-hybridized carbons (Fsp3) is 0.333. The fourth-order valence-corrected chi connectivity index (χ4v) is 4.40. The molecule has 0 N–H and O–H groups in total. The Balaban J connectivity index is 1.47. The average molecular weight is 409 g/mol. The maximum absolute atomic E-state index is 12.9. The summed E-state index contributed by atoms with van der Waals surface area (Å²) in [4.78, 5) is 21.0. The molecule has 2 aromatic heterocycles. The Labute approximate surface area is 174 Å². The van der Waals surface area contributed by atoms with Crippen molar-refractivity contribution in [1.82, 2.24) is 19.7 Å². The van der Waals surface area contributed by atoms with E-state index in [1.807, 2.05) is 42.6 Å². The summed E-state index contributed by atoms with van der Waals surface area (Å²) in [6, 6.07) is 10.1. The molecule has 0 saturated carbocycles. The summed E-state index contributed by atoms with van der Waals surface area (Å²) in [5.41, 5.74) is 4.33. The van der Waals surface area contributed by atoms with Crippen molar-refractivity contribution in [2.75, 3.05) is 36.2 Å². The first-order valence-electron chi connectivity index (χ1n) is 9.65. The van der Waals surface area contributed by atoms with Gasteiger partial charge in [0.25, 0.3) is 0 Å². The number of benzene rings is 1. The van der Waals surface area contributed by atoms with E-state index >= 15 is 0 Å². The summed E-state index contributed by atoms with van der Waals surface area (Å²) in [5, 5.41) is 9.38. The van der Waals surface area contributed by atoms with Gasteiger partial charge in [0.05, 0.1) is 5.75 Å². The molecule has 0 spiro atoms. The lowest BCUT2D eigenvalue weighted by atomic mass is 10.1. The van der Waals surface area contributed by atoms with E-state index in [1.165, 1.54) is 17.3 Å². The molecule has 4 rings (SSSR count). The SMILES string of the molecule is CCn1c(SCC(=O)N2CCc3cc(N(C)C)ccc32)nnc1-c1cccnc1. The van der Waals surface area contributed by atoms with Gasteiger partial charge in [-0.15, -0.1) is 10.2 Å². The normalized spacial score (nSPS) is 12.9. The maximum atomic E-state index is 12.9. The second-order valence-corrected chi connectivity index (χ2v) is 8.03. The Kier molecular flexibility index (Phi) is 5.53. The molecule has 7 nitrogen and oxygen atoms in total. The summed E-state index contributed by atoms with van der Waals surface area (Å²) in [6.07, 6.45) is 4.41. The highest BCUT2D eigenvalue weighted by Crippen LogP contribution is 2.32. The third-order valence-electron chi connectivity index (χ3n) is 5.05. The minimum absolute atomic E-state index is 0.0972. The molecular weight excluding hydrogens is 384 g/mol. The smallest absolute Gasteiger partial charge is 0.237 e. The fourth-order valence-electron chi connectivity index (χ4n) is 3.52. The van der Waals surface area contributed by atoms with Crippen LogP contribution in [0.1, 0.15) is 12.5 Å². The Morgan fingerprint density at radius 3 is 2.83 bits per heavy atom. The van der Waals surface area contributed by atoms with E-state index in [9.17, 15) is 4.79 Å². The molecule has 1 amide bonds. The van der Waals surface area contributed by atoms with Gasteiger partial charge in [-0.3, -0.25) is 9.78 Å². The number of carbonyl (C=O) groups excluding carboxylic acids is 1. The molecule has 3 heterocycles. The number of thioether (sulfide) groups is 1. The third-order valence-corrected chi connectivity index (χ3v) is 6.01. The van der Waals surface area contributed by atoms with Crippen LogP contribution in [0.2, 0.25) is 0 Å². The minimum Gasteiger partial charge on any atom is -0.378 e. The van der Waals surface area contributed by atoms with Crippen molar-refractivity contribution in [3.05, 3.63) is 48.3 Å². The first kappa shape index (κ1) is 19.4. The van der Waals surface area contributed by atoms with Gasteiger partial charge in [-0.25, -0.2) is 0 Å². The van der Waals surface area contributed by atoms with Gasteiger partial charge in [0.15, 0.2) is 11.0 Å². The van der Waals surface area contributed by atoms with Crippen LogP contribution in [-0.2, 0) is 17.8 Å². The topological polar surface area (TPSA) is 67.2 Å². The molecule has 0 radical (unpaired) electrons. The predicted octanol–water partition coefficient (Wildman–Crippen LogP) is 3.11. The number of fused-ring (bicyclic) bond motifs is 1. The zero-order valence-electron chi connectivity index (χ0n) is 16.9. The van der Waals surface area contributed by atoms with Crippen molar-refractivity contribution in [2.24, 2.45) is 0 Å². The maximum Gasteiger partial charge on any atom is 0.237 e. The number of hydrogen-bond acceptors (Lipinski definition) is 6. The molecule has 8 heteroatoms. The molecule has 0 aliphatic carbocycles. The standard InChI is InChI=1S/C21H24N6OS/c1-4-26-20(16-6-5-10-22-13-16)23-24-21(26)29-14-19(28)27-11-9-15-12-17(25(2)3)7-8-18(15)27/h5-8,10,12-13H,4,9,11,14H2,1-3H3. The lowest BCUT2D eigenvalue weighted by molar-refractivity contribution is -0.116. The van der Waals surface area contributed by atoms with Crippen LogP contribution in [0, 0.1) is 0 Å². The van der Waals surface area contributed by atoms with Crippen LogP contribution in [0.15, 0.2) is 47.9 Å². The Hall–Kier alpha value is -2.87. The summed E-state index contributed by atoms with van der Waals surface area (Å²) in [6.45, 7) is 3.51. The summed E-state index contributed by atoms with van der Waals surface area (Å²) in [5.74, 6) is 1.21. The van der Waals surface area contributed by atoms with Crippen LogP contribution in [-0.4, -0.2) is 52.0 Å². The number of aromatic nitrogens is 4. The molecule has 1 aliphatic heterocycles. The van der Waals surface area contributed by atoms with E-state index < -0.39 is 0 Å². The number of rotatable bonds is 6. The van der Waals surface area contributed by atoms with Gasteiger partial charge in [-0.05, 0) is 49.2 Å². The van der Waals surface area contributed by atoms with Crippen LogP contribution < -0.4 is 9.80 Å². The summed E-state index contributed by atoms with van der Waals surface area (Å²) >= 11 is 1.43. The van der Waals surface area contributed by atoms with E-state index in [2.05, 4.69) is 38.3 Å². The minimum atomic E-state index is 0.0972. The van der Waals surface area contributed by atoms with Gasteiger partial charge in [-0.1, -0.05) is 11.8 Å². The van der Waals surface area contributed by atoms with E-state index in [0.717, 1.165) is 47.4 Å². The lowest BCUT2D eigenvalue weighted by Gasteiger charge is -2.19. The first-order chi connectivity index (χ1) is 14.1. The number of pyridine rings is 1. The number of amides is 1. The van der Waals surface area contributed by atoms with Crippen molar-refractivity contribution in [2.45, 2.75) is 25.0 Å². The van der Waals surface area contributed by atoms with Gasteiger partial charge in [0.1, 0.15) is 0 Å². The number of carbonyl (C=O) groups is 1. The molecule has 29 heavy (non-hydrogen) atoms. The van der Waals surface area contributed by atoms with E-state index in [4.69, 9.17) is 0 Å². The molecule has 0 saturated heterocycles. The van der Waals surface area contributed by atoms with Gasteiger partial charge in [0.2, 0.25) is 5.91 Å². The van der Waals surface area contributed by atoms with E-state index in [1.54, 1.807) is 12.4 Å². The largest absolute Gasteiger partial charge is 0.378 e. The second kappa shape index (κ2) is 8.24. The monoisotopic (exact) mass is 408 g/mol. The lowest BCUT2D eigenvalue weighted by Crippen LogP contribution is -2.30. The van der Waals surface area contributed by atoms with Crippen LogP contribution in [0.3, 0.4) is 0 Å². The number of anilines is 2. The van der Waals surface area contributed by atoms with Gasteiger partial charge < -0.3 is 14.4 Å². The highest BCUT2D eigenvalue weighted by atomic mass is 32.2. The number of nitrogens with zero attached hydrogens (tertiary/aromatic N) is 6. The average Bonchev–Trinajstić information content (AvgIpc) is 3.35. The van der Waals surface area contributed by atoms with Crippen LogP contribution in [0.4, 0.5) is 11.4 Å². The van der Waals surface area contributed by atoms with Crippen LogP contribution in [0.25, 0.3) is 11.4 Å². The molecule has 1 aromatic carbocycles. The molecule has 0 fully saturated rings. The molecule has 1 aliphatic rings. The zero-order chi connectivity index (χ0) is 20.4. The van der Waals surface area contributed by atoms with Gasteiger partial charge >= 0.3 is 0 Å². The highest BCUT2D eigenvalue weighted by Gasteiger charge is 2.25. The van der Waals surface area contributed by atoms with Crippen molar-refractivity contribution in [1.29, 1.82) is 0 Å². The van der Waals surface area contributed by atoms with Gasteiger partial charge in [0, 0.05) is 56.5 Å². The van der Waals surface area contributed by atoms with Crippen LogP contribution >= 0.6 is 11.8 Å². The highest BCUT2D eigenvalue weighted by molar-refractivity contribution is 7.99. The third kappa shape index (κ3) is 3.85. The zero-order valence-corrected chi connectivity index (χ0v) is 17.7. The molecule has 150 valence electrons.